The average Bonchev–Trinajstić information content (AvgIpc) is 1.60. The summed E-state index contributed by atoms with van der Waals surface area (Å²) < 4.78 is 0. The van der Waals surface area contributed by atoms with Gasteiger partial charge in [0.05, 0.1) is 5.54 Å². The molecule has 0 spiro atoms. The van der Waals surface area contributed by atoms with Crippen LogP contribution in [0.1, 0.15) is 20.8 Å². The van der Waals surface area contributed by atoms with Crippen molar-refractivity contribution in [2.24, 2.45) is 5.73 Å². The number of carbonyl (C=O) groups excluding carboxylic acids is 2. The van der Waals surface area contributed by atoms with Crippen molar-refractivity contribution in [3.8, 4) is 0 Å². The van der Waals surface area contributed by atoms with Crippen molar-refractivity contribution in [3.05, 3.63) is 0 Å². The second-order valence-corrected chi connectivity index (χ2v) is 2.67. The van der Waals surface area contributed by atoms with Crippen LogP contribution in [0.4, 0.5) is 4.79 Å². The minimum absolute atomic E-state index is 0.119. The largest absolute Gasteiger partial charge is 0.352 e. The zero-order valence-electron chi connectivity index (χ0n) is 6.39. The lowest BCUT2D eigenvalue weighted by atomic mass is 10.0. The van der Waals surface area contributed by atoms with Gasteiger partial charge < -0.3 is 11.1 Å². The van der Waals surface area contributed by atoms with E-state index >= 15 is 0 Å². The van der Waals surface area contributed by atoms with Gasteiger partial charge in [-0.05, 0) is 20.8 Å². The zero-order valence-corrected chi connectivity index (χ0v) is 6.39. The van der Waals surface area contributed by atoms with Crippen molar-refractivity contribution in [2.45, 2.75) is 26.3 Å². The summed E-state index contributed by atoms with van der Waals surface area (Å²) in [4.78, 5) is 21.0. The van der Waals surface area contributed by atoms with Gasteiger partial charge in [-0.25, -0.2) is 4.79 Å². The number of Topliss-reactive ketones (excluding diaryl/α,β-unsaturated/α-hetero) is 1. The van der Waals surface area contributed by atoms with E-state index in [1.165, 1.54) is 6.92 Å². The summed E-state index contributed by atoms with van der Waals surface area (Å²) >= 11 is 0. The fourth-order valence-corrected chi connectivity index (χ4v) is 0.396. The van der Waals surface area contributed by atoms with Crippen molar-refractivity contribution in [1.82, 2.24) is 5.32 Å². The number of nitrogens with two attached hydrogens (primary N) is 1. The molecule has 0 aromatic rings. The Kier molecular flexibility index (Phi) is 2.40. The molecular formula is C6H12N2O2. The van der Waals surface area contributed by atoms with Crippen molar-refractivity contribution in [2.75, 3.05) is 0 Å². The summed E-state index contributed by atoms with van der Waals surface area (Å²) in [6, 6.07) is -0.680. The Morgan fingerprint density at radius 1 is 1.40 bits per heavy atom. The third kappa shape index (κ3) is 2.48. The number of nitrogens with one attached hydrogen (secondary N) is 1. The van der Waals surface area contributed by atoms with Crippen LogP contribution in [0.3, 0.4) is 0 Å². The highest BCUT2D eigenvalue weighted by Crippen LogP contribution is 2.01. The number of urea groups is 1. The van der Waals surface area contributed by atoms with Gasteiger partial charge in [-0.3, -0.25) is 4.79 Å². The summed E-state index contributed by atoms with van der Waals surface area (Å²) in [6.45, 7) is 4.59. The standard InChI is InChI=1S/C6H12N2O2/c1-4(9)6(2,3)8-5(7)10/h1-3H3,(H3,7,8,10). The van der Waals surface area contributed by atoms with Crippen LogP contribution in [-0.2, 0) is 4.79 Å². The van der Waals surface area contributed by atoms with Gasteiger partial charge in [-0.2, -0.15) is 0 Å². The van der Waals surface area contributed by atoms with E-state index in [4.69, 9.17) is 5.73 Å². The second-order valence-electron chi connectivity index (χ2n) is 2.67. The quantitative estimate of drug-likeness (QED) is 0.573. The third-order valence-corrected chi connectivity index (χ3v) is 1.32. The van der Waals surface area contributed by atoms with Crippen molar-refractivity contribution in [3.63, 3.8) is 0 Å². The smallest absolute Gasteiger partial charge is 0.312 e. The molecule has 0 unspecified atom stereocenters. The van der Waals surface area contributed by atoms with E-state index in [0.717, 1.165) is 0 Å². The Morgan fingerprint density at radius 3 is 1.90 bits per heavy atom. The molecule has 0 rings (SSSR count). The van der Waals surface area contributed by atoms with Gasteiger partial charge >= 0.3 is 6.03 Å². The van der Waals surface area contributed by atoms with Crippen LogP contribution in [0.25, 0.3) is 0 Å². The molecule has 0 bridgehead atoms. The predicted molar refractivity (Wildman–Crippen MR) is 37.5 cm³/mol. The molecule has 4 heteroatoms. The fraction of sp³-hybridized carbons (Fsp3) is 0.667. The number of carbonyl (C=O) groups is 2. The topological polar surface area (TPSA) is 72.2 Å². The maximum Gasteiger partial charge on any atom is 0.312 e. The minimum Gasteiger partial charge on any atom is -0.352 e. The minimum atomic E-state index is -0.841. The highest BCUT2D eigenvalue weighted by Gasteiger charge is 2.23. The van der Waals surface area contributed by atoms with Crippen LogP contribution in [-0.4, -0.2) is 17.4 Å². The molecule has 3 N–H and O–H groups in total. The summed E-state index contributed by atoms with van der Waals surface area (Å²) in [5.74, 6) is -0.119. The Labute approximate surface area is 59.8 Å². The lowest BCUT2D eigenvalue weighted by molar-refractivity contribution is -0.121. The SMILES string of the molecule is CC(=O)C(C)(C)NC(N)=O. The van der Waals surface area contributed by atoms with E-state index in [2.05, 4.69) is 5.32 Å². The molecule has 58 valence electrons. The van der Waals surface area contributed by atoms with Gasteiger partial charge in [0.25, 0.3) is 0 Å². The van der Waals surface area contributed by atoms with Gasteiger partial charge in [0.15, 0.2) is 5.78 Å². The molecule has 4 nitrogen and oxygen atoms in total. The average molecular weight is 144 g/mol. The summed E-state index contributed by atoms with van der Waals surface area (Å²) in [5, 5.41) is 2.31. The van der Waals surface area contributed by atoms with Crippen LogP contribution >= 0.6 is 0 Å². The van der Waals surface area contributed by atoms with Gasteiger partial charge in [-0.1, -0.05) is 0 Å². The molecule has 0 aromatic heterocycles. The number of hydrogen-bond acceptors (Lipinski definition) is 2. The molecular weight excluding hydrogens is 132 g/mol. The molecule has 0 fully saturated rings. The molecule has 2 amide bonds. The molecule has 0 aliphatic heterocycles. The molecule has 0 aliphatic rings. The molecule has 0 atom stereocenters. The first-order chi connectivity index (χ1) is 4.36. The first kappa shape index (κ1) is 8.94. The van der Waals surface area contributed by atoms with Crippen LogP contribution in [0.2, 0.25) is 0 Å². The van der Waals surface area contributed by atoms with E-state index in [1.54, 1.807) is 13.8 Å². The number of hydrogen-bond donors (Lipinski definition) is 2. The molecule has 0 aliphatic carbocycles. The summed E-state index contributed by atoms with van der Waals surface area (Å²) in [5.41, 5.74) is 3.97. The third-order valence-electron chi connectivity index (χ3n) is 1.32. The zero-order chi connectivity index (χ0) is 8.36. The van der Waals surface area contributed by atoms with E-state index in [9.17, 15) is 9.59 Å². The first-order valence-corrected chi connectivity index (χ1v) is 2.95. The van der Waals surface area contributed by atoms with Crippen molar-refractivity contribution < 1.29 is 9.59 Å². The monoisotopic (exact) mass is 144 g/mol. The first-order valence-electron chi connectivity index (χ1n) is 2.95. The Hall–Kier alpha value is -1.06. The molecule has 10 heavy (non-hydrogen) atoms. The Balaban J connectivity index is 4.13. The van der Waals surface area contributed by atoms with Crippen molar-refractivity contribution in [1.29, 1.82) is 0 Å². The molecule has 0 saturated heterocycles. The molecule has 0 heterocycles. The number of amides is 2. The summed E-state index contributed by atoms with van der Waals surface area (Å²) in [6.07, 6.45) is 0. The highest BCUT2D eigenvalue weighted by atomic mass is 16.2. The van der Waals surface area contributed by atoms with Crippen LogP contribution in [0.5, 0.6) is 0 Å². The summed E-state index contributed by atoms with van der Waals surface area (Å²) in [7, 11) is 0. The van der Waals surface area contributed by atoms with E-state index in [1.807, 2.05) is 0 Å². The second kappa shape index (κ2) is 2.68. The van der Waals surface area contributed by atoms with Gasteiger partial charge in [0, 0.05) is 0 Å². The molecule has 0 aromatic carbocycles. The normalized spacial score (nSPS) is 10.7. The highest BCUT2D eigenvalue weighted by molar-refractivity contribution is 5.89. The number of ketones is 1. The van der Waals surface area contributed by atoms with Gasteiger partial charge in [0.1, 0.15) is 0 Å². The Morgan fingerprint density at radius 2 is 1.80 bits per heavy atom. The van der Waals surface area contributed by atoms with Gasteiger partial charge in [-0.15, -0.1) is 0 Å². The Bertz CT molecular complexity index is 163. The predicted octanol–water partition coefficient (Wildman–Crippen LogP) is 0.0223. The maximum atomic E-state index is 10.7. The van der Waals surface area contributed by atoms with Crippen LogP contribution < -0.4 is 11.1 Å². The molecule has 0 saturated carbocycles. The lowest BCUT2D eigenvalue weighted by Crippen LogP contribution is -2.50. The fourth-order valence-electron chi connectivity index (χ4n) is 0.396. The van der Waals surface area contributed by atoms with Crippen molar-refractivity contribution >= 4 is 11.8 Å². The van der Waals surface area contributed by atoms with E-state index in [0.29, 0.717) is 0 Å². The number of primary amides is 1. The van der Waals surface area contributed by atoms with E-state index in [-0.39, 0.29) is 5.78 Å². The lowest BCUT2D eigenvalue weighted by Gasteiger charge is -2.20. The maximum absolute atomic E-state index is 10.7. The molecule has 0 radical (unpaired) electrons. The van der Waals surface area contributed by atoms with Gasteiger partial charge in [0.2, 0.25) is 0 Å². The van der Waals surface area contributed by atoms with E-state index < -0.39 is 11.6 Å². The van der Waals surface area contributed by atoms with Crippen LogP contribution in [0.15, 0.2) is 0 Å². The van der Waals surface area contributed by atoms with Crippen LogP contribution in [0, 0.1) is 0 Å². The number of rotatable bonds is 2.